The minimum atomic E-state index is 0.00796. The van der Waals surface area contributed by atoms with Gasteiger partial charge in [0.2, 0.25) is 0 Å². The molecule has 18 heavy (non-hydrogen) atoms. The Labute approximate surface area is 111 Å². The SMILES string of the molecule is CCn1nncc1C(N)C1CCCc2sccc21. The monoisotopic (exact) mass is 262 g/mol. The van der Waals surface area contributed by atoms with E-state index in [0.29, 0.717) is 5.92 Å². The fourth-order valence-electron chi connectivity index (χ4n) is 2.87. The fraction of sp³-hybridized carbons (Fsp3) is 0.538. The van der Waals surface area contributed by atoms with Crippen LogP contribution in [0, 0.1) is 0 Å². The van der Waals surface area contributed by atoms with Gasteiger partial charge in [-0.2, -0.15) is 0 Å². The average Bonchev–Trinajstić information content (AvgIpc) is 3.05. The van der Waals surface area contributed by atoms with Crippen LogP contribution in [-0.4, -0.2) is 15.0 Å². The van der Waals surface area contributed by atoms with E-state index in [1.165, 1.54) is 29.7 Å². The highest BCUT2D eigenvalue weighted by Crippen LogP contribution is 2.40. The molecule has 2 atom stereocenters. The van der Waals surface area contributed by atoms with E-state index in [1.807, 2.05) is 22.2 Å². The van der Waals surface area contributed by atoms with Crippen LogP contribution in [0.4, 0.5) is 0 Å². The first-order valence-corrected chi connectivity index (χ1v) is 7.39. The van der Waals surface area contributed by atoms with Gasteiger partial charge in [0.25, 0.3) is 0 Å². The van der Waals surface area contributed by atoms with Gasteiger partial charge in [0.1, 0.15) is 0 Å². The molecule has 2 aromatic heterocycles. The van der Waals surface area contributed by atoms with Gasteiger partial charge in [-0.15, -0.1) is 16.4 Å². The van der Waals surface area contributed by atoms with E-state index < -0.39 is 0 Å². The van der Waals surface area contributed by atoms with Gasteiger partial charge < -0.3 is 5.73 Å². The largest absolute Gasteiger partial charge is 0.322 e. The van der Waals surface area contributed by atoms with Crippen LogP contribution in [0.25, 0.3) is 0 Å². The minimum absolute atomic E-state index is 0.00796. The lowest BCUT2D eigenvalue weighted by atomic mass is 9.82. The standard InChI is InChI=1S/C13H18N4S/c1-2-17-11(8-15-16-17)13(14)10-4-3-5-12-9(10)6-7-18-12/h6-8,10,13H,2-5,14H2,1H3. The molecule has 1 aliphatic carbocycles. The van der Waals surface area contributed by atoms with Crippen molar-refractivity contribution in [2.75, 3.05) is 0 Å². The van der Waals surface area contributed by atoms with Gasteiger partial charge in [-0.25, -0.2) is 4.68 Å². The Morgan fingerprint density at radius 1 is 1.61 bits per heavy atom. The molecule has 2 heterocycles. The predicted octanol–water partition coefficient (Wildman–Crippen LogP) is 2.48. The molecule has 0 amide bonds. The molecule has 5 heteroatoms. The molecule has 1 aliphatic rings. The average molecular weight is 262 g/mol. The van der Waals surface area contributed by atoms with E-state index in [-0.39, 0.29) is 6.04 Å². The molecule has 0 spiro atoms. The Balaban J connectivity index is 1.93. The van der Waals surface area contributed by atoms with Crippen LogP contribution in [0.3, 0.4) is 0 Å². The zero-order valence-electron chi connectivity index (χ0n) is 10.5. The number of thiophene rings is 1. The molecule has 0 bridgehead atoms. The van der Waals surface area contributed by atoms with Crippen LogP contribution < -0.4 is 5.73 Å². The van der Waals surface area contributed by atoms with E-state index in [4.69, 9.17) is 5.73 Å². The summed E-state index contributed by atoms with van der Waals surface area (Å²) in [4.78, 5) is 1.51. The van der Waals surface area contributed by atoms with Crippen molar-refractivity contribution < 1.29 is 0 Å². The highest BCUT2D eigenvalue weighted by atomic mass is 32.1. The van der Waals surface area contributed by atoms with Crippen LogP contribution in [0.2, 0.25) is 0 Å². The summed E-state index contributed by atoms with van der Waals surface area (Å²) >= 11 is 1.86. The molecule has 3 rings (SSSR count). The Morgan fingerprint density at radius 3 is 3.33 bits per heavy atom. The first kappa shape index (κ1) is 11.9. The van der Waals surface area contributed by atoms with Crippen molar-refractivity contribution in [3.63, 3.8) is 0 Å². The molecular weight excluding hydrogens is 244 g/mol. The molecule has 0 radical (unpaired) electrons. The highest BCUT2D eigenvalue weighted by Gasteiger charge is 2.29. The normalized spacial score (nSPS) is 20.7. The molecule has 0 saturated heterocycles. The van der Waals surface area contributed by atoms with Gasteiger partial charge in [0.15, 0.2) is 0 Å². The van der Waals surface area contributed by atoms with Crippen molar-refractivity contribution in [2.45, 2.75) is 44.7 Å². The molecule has 2 aromatic rings. The number of nitrogens with two attached hydrogens (primary N) is 1. The van der Waals surface area contributed by atoms with Gasteiger partial charge in [-0.3, -0.25) is 0 Å². The Bertz CT molecular complexity index is 531. The molecule has 4 nitrogen and oxygen atoms in total. The predicted molar refractivity (Wildman–Crippen MR) is 72.6 cm³/mol. The Kier molecular flexibility index (Phi) is 3.18. The molecule has 0 aliphatic heterocycles. The number of hydrogen-bond donors (Lipinski definition) is 1. The van der Waals surface area contributed by atoms with Gasteiger partial charge in [-0.1, -0.05) is 5.21 Å². The van der Waals surface area contributed by atoms with Gasteiger partial charge in [-0.05, 0) is 43.2 Å². The van der Waals surface area contributed by atoms with Crippen LogP contribution in [0.5, 0.6) is 0 Å². The van der Waals surface area contributed by atoms with Crippen LogP contribution in [0.15, 0.2) is 17.6 Å². The second kappa shape index (κ2) is 4.82. The second-order valence-electron chi connectivity index (χ2n) is 4.80. The zero-order valence-corrected chi connectivity index (χ0v) is 11.4. The molecule has 2 unspecified atom stereocenters. The zero-order chi connectivity index (χ0) is 12.5. The molecular formula is C13H18N4S. The minimum Gasteiger partial charge on any atom is -0.322 e. The lowest BCUT2D eigenvalue weighted by molar-refractivity contribution is 0.447. The first-order valence-electron chi connectivity index (χ1n) is 6.51. The molecule has 0 aromatic carbocycles. The van der Waals surface area contributed by atoms with E-state index in [9.17, 15) is 0 Å². The topological polar surface area (TPSA) is 56.7 Å². The summed E-state index contributed by atoms with van der Waals surface area (Å²) in [5, 5.41) is 10.3. The first-order chi connectivity index (χ1) is 8.81. The van der Waals surface area contributed by atoms with Gasteiger partial charge in [0, 0.05) is 17.3 Å². The van der Waals surface area contributed by atoms with E-state index >= 15 is 0 Å². The number of aryl methyl sites for hydroxylation is 2. The van der Waals surface area contributed by atoms with Crippen molar-refractivity contribution in [3.05, 3.63) is 33.8 Å². The number of hydrogen-bond acceptors (Lipinski definition) is 4. The van der Waals surface area contributed by atoms with Crippen molar-refractivity contribution >= 4 is 11.3 Å². The lowest BCUT2D eigenvalue weighted by Crippen LogP contribution is -2.25. The third kappa shape index (κ3) is 1.87. The third-order valence-electron chi connectivity index (χ3n) is 3.82. The molecule has 96 valence electrons. The van der Waals surface area contributed by atoms with E-state index in [0.717, 1.165) is 12.2 Å². The second-order valence-corrected chi connectivity index (χ2v) is 5.80. The number of fused-ring (bicyclic) bond motifs is 1. The van der Waals surface area contributed by atoms with Gasteiger partial charge in [0.05, 0.1) is 17.9 Å². The summed E-state index contributed by atoms with van der Waals surface area (Å²) in [6.07, 6.45) is 5.43. The lowest BCUT2D eigenvalue weighted by Gasteiger charge is -2.28. The van der Waals surface area contributed by atoms with Crippen LogP contribution >= 0.6 is 11.3 Å². The molecule has 2 N–H and O–H groups in total. The molecule has 0 fully saturated rings. The summed E-state index contributed by atoms with van der Waals surface area (Å²) in [6.45, 7) is 2.90. The Hall–Kier alpha value is -1.20. The maximum atomic E-state index is 6.47. The van der Waals surface area contributed by atoms with Crippen LogP contribution in [0.1, 0.15) is 47.9 Å². The van der Waals surface area contributed by atoms with Crippen molar-refractivity contribution in [2.24, 2.45) is 5.73 Å². The number of nitrogens with zero attached hydrogens (tertiary/aromatic N) is 3. The van der Waals surface area contributed by atoms with Crippen LogP contribution in [-0.2, 0) is 13.0 Å². The number of aromatic nitrogens is 3. The Morgan fingerprint density at radius 2 is 2.50 bits per heavy atom. The smallest absolute Gasteiger partial charge is 0.0760 e. The van der Waals surface area contributed by atoms with E-state index in [1.54, 1.807) is 0 Å². The summed E-state index contributed by atoms with van der Waals surface area (Å²) < 4.78 is 1.91. The van der Waals surface area contributed by atoms with E-state index in [2.05, 4.69) is 28.7 Å². The maximum Gasteiger partial charge on any atom is 0.0760 e. The summed E-state index contributed by atoms with van der Waals surface area (Å²) in [6, 6.07) is 2.25. The molecule has 0 saturated carbocycles. The van der Waals surface area contributed by atoms with Gasteiger partial charge >= 0.3 is 0 Å². The quantitative estimate of drug-likeness (QED) is 0.924. The van der Waals surface area contributed by atoms with Crippen molar-refractivity contribution in [3.8, 4) is 0 Å². The van der Waals surface area contributed by atoms with Crippen molar-refractivity contribution in [1.82, 2.24) is 15.0 Å². The fourth-order valence-corrected chi connectivity index (χ4v) is 3.87. The summed E-state index contributed by atoms with van der Waals surface area (Å²) in [7, 11) is 0. The number of rotatable bonds is 3. The summed E-state index contributed by atoms with van der Waals surface area (Å²) in [5.41, 5.74) is 8.97. The third-order valence-corrected chi connectivity index (χ3v) is 4.82. The summed E-state index contributed by atoms with van der Waals surface area (Å²) in [5.74, 6) is 0.420. The highest BCUT2D eigenvalue weighted by molar-refractivity contribution is 7.10. The van der Waals surface area contributed by atoms with Crippen molar-refractivity contribution in [1.29, 1.82) is 0 Å². The maximum absolute atomic E-state index is 6.47.